The van der Waals surface area contributed by atoms with E-state index in [1.165, 1.54) is 76.2 Å². The summed E-state index contributed by atoms with van der Waals surface area (Å²) in [5.41, 5.74) is 12.0. The lowest BCUT2D eigenvalue weighted by molar-refractivity contribution is 0.0546. The van der Waals surface area contributed by atoms with E-state index in [4.69, 9.17) is 17.3 Å². The van der Waals surface area contributed by atoms with E-state index >= 15 is 0 Å². The van der Waals surface area contributed by atoms with Crippen molar-refractivity contribution in [2.45, 2.75) is 45.1 Å². The molecule has 0 bridgehead atoms. The first-order valence-electron chi connectivity index (χ1n) is 16.4. The molecule has 6 rings (SSSR count). The first kappa shape index (κ1) is 30.6. The molecule has 3 N–H and O–H groups in total. The molecule has 3 fully saturated rings. The molecule has 0 radical (unpaired) electrons. The number of nitrogens with one attached hydrogen (secondary N) is 1. The van der Waals surface area contributed by atoms with Crippen molar-refractivity contribution in [1.82, 2.24) is 20.0 Å². The van der Waals surface area contributed by atoms with Gasteiger partial charge in [-0.25, -0.2) is 0 Å². The third kappa shape index (κ3) is 7.63. The molecule has 0 spiro atoms. The van der Waals surface area contributed by atoms with Crippen LogP contribution >= 0.6 is 11.6 Å². The first-order valence-corrected chi connectivity index (χ1v) is 16.7. The molecule has 3 heterocycles. The van der Waals surface area contributed by atoms with Gasteiger partial charge in [-0.1, -0.05) is 36.2 Å². The number of hydrogen-bond acceptors (Lipinski definition) is 6. The molecule has 0 saturated carbocycles. The lowest BCUT2D eigenvalue weighted by Crippen LogP contribution is -2.54. The zero-order valence-corrected chi connectivity index (χ0v) is 26.6. The second-order valence-electron chi connectivity index (χ2n) is 13.5. The quantitative estimate of drug-likeness (QED) is 0.460. The average molecular weight is 605 g/mol. The highest BCUT2D eigenvalue weighted by Gasteiger charge is 2.36. The minimum atomic E-state index is -0.375. The maximum absolute atomic E-state index is 11.5. The molecular formula is C35H49ClN6O. The molecule has 1 atom stereocenters. The van der Waals surface area contributed by atoms with Gasteiger partial charge < -0.3 is 20.9 Å². The van der Waals surface area contributed by atoms with Crippen LogP contribution in [0.3, 0.4) is 0 Å². The second kappa shape index (κ2) is 13.7. The molecule has 232 valence electrons. The van der Waals surface area contributed by atoms with Crippen LogP contribution in [0.15, 0.2) is 54.1 Å². The second-order valence-corrected chi connectivity index (χ2v) is 14.0. The molecular weight excluding hydrogens is 556 g/mol. The van der Waals surface area contributed by atoms with Crippen molar-refractivity contribution in [3.63, 3.8) is 0 Å². The lowest BCUT2D eigenvalue weighted by atomic mass is 9.71. The summed E-state index contributed by atoms with van der Waals surface area (Å²) in [6, 6.07) is 17.0. The Labute approximate surface area is 263 Å². The van der Waals surface area contributed by atoms with E-state index in [-0.39, 0.29) is 5.91 Å². The van der Waals surface area contributed by atoms with E-state index in [9.17, 15) is 4.79 Å². The average Bonchev–Trinajstić information content (AvgIpc) is 3.03. The third-order valence-corrected chi connectivity index (χ3v) is 10.6. The number of amides is 1. The Bertz CT molecular complexity index is 1260. The normalized spacial score (nSPS) is 25.3. The number of benzene rings is 2. The van der Waals surface area contributed by atoms with E-state index < -0.39 is 0 Å². The van der Waals surface area contributed by atoms with Gasteiger partial charge in [0.1, 0.15) is 0 Å². The summed E-state index contributed by atoms with van der Waals surface area (Å²) < 4.78 is 0. The van der Waals surface area contributed by atoms with Gasteiger partial charge in [-0.15, -0.1) is 0 Å². The summed E-state index contributed by atoms with van der Waals surface area (Å²) in [4.78, 5) is 22.1. The van der Waals surface area contributed by atoms with Gasteiger partial charge >= 0.3 is 0 Å². The van der Waals surface area contributed by atoms with Crippen LogP contribution in [0.1, 0.15) is 54.9 Å². The maximum Gasteiger partial charge on any atom is 0.248 e. The summed E-state index contributed by atoms with van der Waals surface area (Å²) in [5.74, 6) is -0.375. The molecule has 4 aliphatic rings. The van der Waals surface area contributed by atoms with E-state index in [0.29, 0.717) is 11.0 Å². The Kier molecular flexibility index (Phi) is 9.75. The number of allylic oxidation sites excluding steroid dienone is 1. The Morgan fingerprint density at radius 3 is 2.21 bits per heavy atom. The number of primary amides is 1. The number of piperazine rings is 2. The third-order valence-electron chi connectivity index (χ3n) is 10.4. The number of anilines is 1. The first-order chi connectivity index (χ1) is 20.8. The minimum absolute atomic E-state index is 0.298. The number of nitrogens with two attached hydrogens (primary N) is 1. The van der Waals surface area contributed by atoms with Crippen LogP contribution in [0.25, 0.3) is 5.57 Å². The highest BCUT2D eigenvalue weighted by molar-refractivity contribution is 6.30. The van der Waals surface area contributed by atoms with Gasteiger partial charge in [-0.3, -0.25) is 14.6 Å². The molecule has 8 heteroatoms. The van der Waals surface area contributed by atoms with Crippen LogP contribution < -0.4 is 16.0 Å². The standard InChI is InChI=1S/C35H49ClN6O/c1-35(26-40-18-22-42(23-19-40)32-11-14-38-15-12-32)13-10-33(27-2-6-30(36)7-3-27)29(24-35)25-39-16-20-41(21-17-39)31-8-4-28(5-9-31)34(37)43/h2-9,32,38H,10-26H2,1H3,(H2,37,43)/t35-/m1/s1. The van der Waals surface area contributed by atoms with Crippen molar-refractivity contribution in [3.8, 4) is 0 Å². The zero-order chi connectivity index (χ0) is 29.8. The largest absolute Gasteiger partial charge is 0.369 e. The highest BCUT2D eigenvalue weighted by Crippen LogP contribution is 2.44. The Morgan fingerprint density at radius 1 is 0.907 bits per heavy atom. The number of carbonyl (C=O) groups is 1. The Morgan fingerprint density at radius 2 is 1.56 bits per heavy atom. The monoisotopic (exact) mass is 604 g/mol. The highest BCUT2D eigenvalue weighted by atomic mass is 35.5. The molecule has 0 unspecified atom stereocenters. The van der Waals surface area contributed by atoms with E-state index in [0.717, 1.165) is 62.3 Å². The van der Waals surface area contributed by atoms with Crippen LogP contribution in [-0.4, -0.2) is 105 Å². The van der Waals surface area contributed by atoms with Crippen LogP contribution in [0.5, 0.6) is 0 Å². The van der Waals surface area contributed by atoms with Gasteiger partial charge in [0.2, 0.25) is 5.91 Å². The number of piperidine rings is 1. The summed E-state index contributed by atoms with van der Waals surface area (Å²) in [6.45, 7) is 16.0. The fraction of sp³-hybridized carbons (Fsp3) is 0.571. The summed E-state index contributed by atoms with van der Waals surface area (Å²) in [7, 11) is 0. The molecule has 2 aromatic rings. The van der Waals surface area contributed by atoms with Crippen molar-refractivity contribution in [3.05, 3.63) is 70.3 Å². The van der Waals surface area contributed by atoms with E-state index in [2.05, 4.69) is 44.0 Å². The summed E-state index contributed by atoms with van der Waals surface area (Å²) in [6.07, 6.45) is 6.13. The van der Waals surface area contributed by atoms with E-state index in [1.807, 2.05) is 36.4 Å². The Balaban J connectivity index is 1.10. The van der Waals surface area contributed by atoms with Gasteiger partial charge in [0.05, 0.1) is 0 Å². The van der Waals surface area contributed by atoms with Crippen molar-refractivity contribution >= 4 is 28.8 Å². The molecule has 1 aliphatic carbocycles. The fourth-order valence-corrected chi connectivity index (χ4v) is 7.99. The predicted molar refractivity (Wildman–Crippen MR) is 178 cm³/mol. The molecule has 2 aromatic carbocycles. The lowest BCUT2D eigenvalue weighted by Gasteiger charge is -2.46. The minimum Gasteiger partial charge on any atom is -0.369 e. The maximum atomic E-state index is 11.5. The predicted octanol–water partition coefficient (Wildman–Crippen LogP) is 4.57. The molecule has 3 saturated heterocycles. The smallest absolute Gasteiger partial charge is 0.248 e. The summed E-state index contributed by atoms with van der Waals surface area (Å²) >= 11 is 6.28. The van der Waals surface area contributed by atoms with E-state index in [1.54, 1.807) is 5.57 Å². The van der Waals surface area contributed by atoms with Gasteiger partial charge in [-0.05, 0) is 98.1 Å². The fourth-order valence-electron chi connectivity index (χ4n) is 7.87. The number of carbonyl (C=O) groups excluding carboxylic acids is 1. The number of rotatable bonds is 8. The van der Waals surface area contributed by atoms with Crippen LogP contribution in [0.4, 0.5) is 5.69 Å². The molecule has 7 nitrogen and oxygen atoms in total. The topological polar surface area (TPSA) is 68.1 Å². The van der Waals surface area contributed by atoms with Crippen molar-refractivity contribution in [2.24, 2.45) is 11.1 Å². The SMILES string of the molecule is C[C@@]1(CN2CCN(C3CCNCC3)CC2)CCC(c2ccc(Cl)cc2)=C(CN2CCN(c3ccc(C(N)=O)cc3)CC2)C1. The van der Waals surface area contributed by atoms with Gasteiger partial charge in [0, 0.05) is 87.8 Å². The van der Waals surface area contributed by atoms with Gasteiger partial charge in [-0.2, -0.15) is 0 Å². The van der Waals surface area contributed by atoms with Gasteiger partial charge in [0.25, 0.3) is 0 Å². The van der Waals surface area contributed by atoms with Crippen molar-refractivity contribution < 1.29 is 4.79 Å². The van der Waals surface area contributed by atoms with Crippen LogP contribution in [-0.2, 0) is 0 Å². The number of hydrogen-bond donors (Lipinski definition) is 2. The molecule has 3 aliphatic heterocycles. The Hall–Kier alpha value is -2.42. The van der Waals surface area contributed by atoms with Crippen LogP contribution in [0.2, 0.25) is 5.02 Å². The molecule has 43 heavy (non-hydrogen) atoms. The number of nitrogens with zero attached hydrogens (tertiary/aromatic N) is 4. The zero-order valence-electron chi connectivity index (χ0n) is 25.9. The van der Waals surface area contributed by atoms with Crippen molar-refractivity contribution in [1.29, 1.82) is 0 Å². The molecule has 1 amide bonds. The van der Waals surface area contributed by atoms with Crippen molar-refractivity contribution in [2.75, 3.05) is 83.4 Å². The summed E-state index contributed by atoms with van der Waals surface area (Å²) in [5, 5.41) is 4.32. The van der Waals surface area contributed by atoms with Crippen LogP contribution in [0, 0.1) is 5.41 Å². The molecule has 0 aromatic heterocycles. The van der Waals surface area contributed by atoms with Gasteiger partial charge in [0.15, 0.2) is 0 Å². The number of halogens is 1.